The molecule has 0 aromatic carbocycles. The van der Waals surface area contributed by atoms with Gasteiger partial charge in [-0.1, -0.05) is 0 Å². The lowest BCUT2D eigenvalue weighted by Gasteiger charge is -2.09. The van der Waals surface area contributed by atoms with Gasteiger partial charge in [0, 0.05) is 16.6 Å². The molecule has 1 N–H and O–H groups in total. The Kier molecular flexibility index (Phi) is 3.92. The van der Waals surface area contributed by atoms with E-state index >= 15 is 0 Å². The summed E-state index contributed by atoms with van der Waals surface area (Å²) in [5.74, 6) is -3.29. The summed E-state index contributed by atoms with van der Waals surface area (Å²) in [7, 11) is 0. The summed E-state index contributed by atoms with van der Waals surface area (Å²) in [4.78, 5) is 23.1. The van der Waals surface area contributed by atoms with Crippen LogP contribution in [0.2, 0.25) is 0 Å². The molecule has 7 nitrogen and oxygen atoms in total. The Morgan fingerprint density at radius 2 is 2.16 bits per heavy atom. The lowest BCUT2D eigenvalue weighted by molar-refractivity contribution is -0.390. The van der Waals surface area contributed by atoms with Crippen LogP contribution < -0.4 is 4.74 Å². The van der Waals surface area contributed by atoms with Crippen LogP contribution in [0.4, 0.5) is 19.0 Å². The molecule has 0 aliphatic carbocycles. The van der Waals surface area contributed by atoms with Crippen molar-refractivity contribution in [1.29, 1.82) is 0 Å². The lowest BCUT2D eigenvalue weighted by atomic mass is 10.1. The van der Waals surface area contributed by atoms with E-state index in [9.17, 15) is 28.1 Å². The minimum atomic E-state index is -5.08. The summed E-state index contributed by atoms with van der Waals surface area (Å²) in [5, 5.41) is 19.1. The van der Waals surface area contributed by atoms with Crippen molar-refractivity contribution in [3.63, 3.8) is 0 Å². The number of aromatic nitrogens is 1. The van der Waals surface area contributed by atoms with Crippen LogP contribution in [0.15, 0.2) is 6.07 Å². The van der Waals surface area contributed by atoms with Crippen molar-refractivity contribution >= 4 is 11.8 Å². The van der Waals surface area contributed by atoms with E-state index in [1.54, 1.807) is 0 Å². The first kappa shape index (κ1) is 14.7. The number of hydrogen-bond donors (Lipinski definition) is 1. The zero-order chi connectivity index (χ0) is 14.8. The fourth-order valence-corrected chi connectivity index (χ4v) is 1.27. The first-order valence-electron chi connectivity index (χ1n) is 4.72. The standard InChI is InChI=1S/C9H7F3N2O5/c1-4-5(3-7(15)16)2-6(14(17)18)13-8(4)19-9(10,11)12/h2H,3H2,1H3,(H,15,16). The second-order valence-corrected chi connectivity index (χ2v) is 3.45. The number of halogens is 3. The monoisotopic (exact) mass is 280 g/mol. The molecule has 0 bridgehead atoms. The number of carboxylic acids is 1. The van der Waals surface area contributed by atoms with Gasteiger partial charge >= 0.3 is 24.0 Å². The predicted octanol–water partition coefficient (Wildman–Crippen LogP) is 1.82. The van der Waals surface area contributed by atoms with Crippen LogP contribution in [0.5, 0.6) is 5.88 Å². The van der Waals surface area contributed by atoms with E-state index in [0.717, 1.165) is 13.0 Å². The highest BCUT2D eigenvalue weighted by atomic mass is 19.4. The summed E-state index contributed by atoms with van der Waals surface area (Å²) in [5.41, 5.74) is -0.390. The molecule has 1 rings (SSSR count). The third kappa shape index (κ3) is 4.08. The first-order chi connectivity index (χ1) is 8.60. The summed E-state index contributed by atoms with van der Waals surface area (Å²) >= 11 is 0. The van der Waals surface area contributed by atoms with Crippen molar-refractivity contribution in [3.05, 3.63) is 27.3 Å². The van der Waals surface area contributed by atoms with Crippen molar-refractivity contribution in [3.8, 4) is 5.88 Å². The van der Waals surface area contributed by atoms with Crippen LogP contribution in [0, 0.1) is 17.0 Å². The van der Waals surface area contributed by atoms with Crippen molar-refractivity contribution in [2.75, 3.05) is 0 Å². The van der Waals surface area contributed by atoms with E-state index in [4.69, 9.17) is 5.11 Å². The predicted molar refractivity (Wildman–Crippen MR) is 53.7 cm³/mol. The van der Waals surface area contributed by atoms with Crippen LogP contribution in [-0.2, 0) is 11.2 Å². The second kappa shape index (κ2) is 5.08. The van der Waals surface area contributed by atoms with Crippen LogP contribution in [-0.4, -0.2) is 27.3 Å². The third-order valence-electron chi connectivity index (χ3n) is 2.06. The molecule has 0 saturated heterocycles. The number of nitro groups is 1. The molecule has 19 heavy (non-hydrogen) atoms. The van der Waals surface area contributed by atoms with Gasteiger partial charge in [0.05, 0.1) is 6.42 Å². The second-order valence-electron chi connectivity index (χ2n) is 3.45. The molecule has 104 valence electrons. The third-order valence-corrected chi connectivity index (χ3v) is 2.06. The van der Waals surface area contributed by atoms with Gasteiger partial charge in [0.15, 0.2) is 0 Å². The smallest absolute Gasteiger partial charge is 0.481 e. The number of rotatable bonds is 4. The molecule has 0 aliphatic rings. The summed E-state index contributed by atoms with van der Waals surface area (Å²) < 4.78 is 39.8. The molecule has 0 aliphatic heterocycles. The zero-order valence-corrected chi connectivity index (χ0v) is 9.39. The molecular formula is C9H7F3N2O5. The quantitative estimate of drug-likeness (QED) is 0.666. The van der Waals surface area contributed by atoms with Gasteiger partial charge in [-0.3, -0.25) is 4.79 Å². The molecule has 1 heterocycles. The van der Waals surface area contributed by atoms with Gasteiger partial charge in [-0.2, -0.15) is 0 Å². The molecular weight excluding hydrogens is 273 g/mol. The highest BCUT2D eigenvalue weighted by molar-refractivity contribution is 5.71. The van der Waals surface area contributed by atoms with E-state index in [1.165, 1.54) is 0 Å². The average Bonchev–Trinajstić information content (AvgIpc) is 2.20. The van der Waals surface area contributed by atoms with Crippen LogP contribution in [0.3, 0.4) is 0 Å². The van der Waals surface area contributed by atoms with Gasteiger partial charge in [0.2, 0.25) is 0 Å². The molecule has 1 aromatic rings. The van der Waals surface area contributed by atoms with E-state index in [0.29, 0.717) is 0 Å². The largest absolute Gasteiger partial charge is 0.575 e. The summed E-state index contributed by atoms with van der Waals surface area (Å²) in [6.45, 7) is 1.13. The highest BCUT2D eigenvalue weighted by Crippen LogP contribution is 2.29. The van der Waals surface area contributed by atoms with Crippen molar-refractivity contribution < 1.29 is 32.7 Å². The topological polar surface area (TPSA) is 103 Å². The van der Waals surface area contributed by atoms with E-state index in [-0.39, 0.29) is 11.1 Å². The molecule has 10 heteroatoms. The van der Waals surface area contributed by atoms with Gasteiger partial charge in [-0.15, -0.1) is 13.2 Å². The molecule has 0 radical (unpaired) electrons. The highest BCUT2D eigenvalue weighted by Gasteiger charge is 2.35. The van der Waals surface area contributed by atoms with Gasteiger partial charge in [0.1, 0.15) is 0 Å². The maximum absolute atomic E-state index is 12.1. The molecule has 1 aromatic heterocycles. The van der Waals surface area contributed by atoms with E-state index < -0.39 is 35.4 Å². The van der Waals surface area contributed by atoms with Gasteiger partial charge in [-0.05, 0) is 17.4 Å². The number of carbonyl (C=O) groups is 1. The normalized spacial score (nSPS) is 11.2. The van der Waals surface area contributed by atoms with Crippen LogP contribution in [0.25, 0.3) is 0 Å². The number of alkyl halides is 3. The van der Waals surface area contributed by atoms with E-state index in [1.807, 2.05) is 0 Å². The van der Waals surface area contributed by atoms with Crippen molar-refractivity contribution in [2.24, 2.45) is 0 Å². The molecule has 0 atom stereocenters. The Balaban J connectivity index is 3.32. The number of pyridine rings is 1. The minimum absolute atomic E-state index is 0.173. The molecule has 0 saturated carbocycles. The Morgan fingerprint density at radius 3 is 2.58 bits per heavy atom. The number of nitrogens with zero attached hydrogens (tertiary/aromatic N) is 2. The maximum atomic E-state index is 12.1. The van der Waals surface area contributed by atoms with Gasteiger partial charge < -0.3 is 20.0 Å². The number of hydrogen-bond acceptors (Lipinski definition) is 5. The maximum Gasteiger partial charge on any atom is 0.575 e. The zero-order valence-electron chi connectivity index (χ0n) is 9.39. The number of ether oxygens (including phenoxy) is 1. The molecule has 0 spiro atoms. The number of aliphatic carboxylic acids is 1. The lowest BCUT2D eigenvalue weighted by Crippen LogP contribution is -2.19. The Morgan fingerprint density at radius 1 is 1.58 bits per heavy atom. The van der Waals surface area contributed by atoms with Crippen LogP contribution >= 0.6 is 0 Å². The summed E-state index contributed by atoms with van der Waals surface area (Å²) in [6, 6.07) is 0.798. The first-order valence-corrected chi connectivity index (χ1v) is 4.72. The Hall–Kier alpha value is -2.39. The van der Waals surface area contributed by atoms with Gasteiger partial charge in [0.25, 0.3) is 0 Å². The van der Waals surface area contributed by atoms with Gasteiger partial charge in [-0.25, -0.2) is 0 Å². The molecule has 0 fully saturated rings. The minimum Gasteiger partial charge on any atom is -0.481 e. The average molecular weight is 280 g/mol. The van der Waals surface area contributed by atoms with E-state index in [2.05, 4.69) is 9.72 Å². The number of carboxylic acid groups (broad SMARTS) is 1. The molecule has 0 amide bonds. The van der Waals surface area contributed by atoms with Crippen molar-refractivity contribution in [2.45, 2.75) is 19.7 Å². The Bertz CT molecular complexity index is 529. The fourth-order valence-electron chi connectivity index (χ4n) is 1.27. The Labute approximate surface area is 103 Å². The summed E-state index contributed by atoms with van der Waals surface area (Å²) in [6.07, 6.45) is -5.75. The molecule has 0 unspecified atom stereocenters. The fraction of sp³-hybridized carbons (Fsp3) is 0.333. The van der Waals surface area contributed by atoms with Crippen LogP contribution in [0.1, 0.15) is 11.1 Å². The van der Waals surface area contributed by atoms with Crippen molar-refractivity contribution in [1.82, 2.24) is 4.98 Å². The SMILES string of the molecule is Cc1c(CC(=O)O)cc([N+](=O)[O-])nc1OC(F)(F)F.